The number of nitrogens with zero attached hydrogens (tertiary/aromatic N) is 3. The molecule has 2 amide bonds. The summed E-state index contributed by atoms with van der Waals surface area (Å²) in [6.45, 7) is 2.46. The minimum absolute atomic E-state index is 0.217. The summed E-state index contributed by atoms with van der Waals surface area (Å²) in [5.41, 5.74) is 5.59. The molecule has 0 bridgehead atoms. The Kier molecular flexibility index (Phi) is 5.11. The van der Waals surface area contributed by atoms with E-state index in [1.807, 2.05) is 85.5 Å². The topological polar surface area (TPSA) is 83.3 Å². The fourth-order valence-electron chi connectivity index (χ4n) is 3.18. The molecular formula is C22H22N6O. The number of benzene rings is 1. The Morgan fingerprint density at radius 1 is 1.00 bits per heavy atom. The molecule has 0 spiro atoms. The van der Waals surface area contributed by atoms with E-state index < -0.39 is 0 Å². The predicted octanol–water partition coefficient (Wildman–Crippen LogP) is 4.25. The second kappa shape index (κ2) is 8.02. The highest BCUT2D eigenvalue weighted by atomic mass is 16.2. The first-order valence-corrected chi connectivity index (χ1v) is 9.44. The van der Waals surface area contributed by atoms with Crippen molar-refractivity contribution in [1.82, 2.24) is 19.7 Å². The molecule has 146 valence electrons. The molecular weight excluding hydrogens is 364 g/mol. The van der Waals surface area contributed by atoms with Gasteiger partial charge in [-0.25, -0.2) is 14.8 Å². The van der Waals surface area contributed by atoms with Crippen LogP contribution in [0.25, 0.3) is 28.0 Å². The number of imidazole rings is 1. The lowest BCUT2D eigenvalue weighted by Crippen LogP contribution is -2.28. The van der Waals surface area contributed by atoms with E-state index in [0.29, 0.717) is 6.54 Å². The van der Waals surface area contributed by atoms with Gasteiger partial charge in [0.15, 0.2) is 0 Å². The Labute approximate surface area is 168 Å². The maximum absolute atomic E-state index is 11.8. The van der Waals surface area contributed by atoms with Crippen LogP contribution in [-0.4, -0.2) is 34.0 Å². The monoisotopic (exact) mass is 386 g/mol. The van der Waals surface area contributed by atoms with E-state index >= 15 is 0 Å². The lowest BCUT2D eigenvalue weighted by molar-refractivity contribution is 0.252. The van der Waals surface area contributed by atoms with Crippen LogP contribution in [0.4, 0.5) is 16.3 Å². The molecule has 0 aliphatic carbocycles. The molecule has 0 aliphatic heterocycles. The molecule has 3 heterocycles. The fraction of sp³-hybridized carbons (Fsp3) is 0.136. The number of nitrogens with one attached hydrogen (secondary N) is 3. The summed E-state index contributed by atoms with van der Waals surface area (Å²) in [5.74, 6) is 0.832. The Bertz CT molecular complexity index is 1150. The molecule has 0 saturated carbocycles. The zero-order chi connectivity index (χ0) is 20.2. The van der Waals surface area contributed by atoms with Gasteiger partial charge in [-0.15, -0.1) is 0 Å². The molecule has 0 radical (unpaired) electrons. The number of hydrogen-bond acceptors (Lipinski definition) is 4. The summed E-state index contributed by atoms with van der Waals surface area (Å²) in [6.07, 6.45) is 5.69. The number of amides is 2. The van der Waals surface area contributed by atoms with Gasteiger partial charge in [-0.2, -0.15) is 0 Å². The largest absolute Gasteiger partial charge is 0.373 e. The lowest BCUT2D eigenvalue weighted by atomic mass is 10.1. The first-order chi connectivity index (χ1) is 14.2. The number of anilines is 2. The van der Waals surface area contributed by atoms with E-state index in [9.17, 15) is 4.79 Å². The standard InChI is InChI=1S/C22H22N6O/c1-3-24-22(29)27-18-6-4-5-16(11-18)19-14-26-21-12-15(9-10-28(19)21)17-7-8-20(23-2)25-13-17/h4-14H,3H2,1-2H3,(H,23,25)(H2,24,27,29). The third kappa shape index (κ3) is 3.89. The molecule has 0 fully saturated rings. The maximum Gasteiger partial charge on any atom is 0.319 e. The molecule has 0 atom stereocenters. The molecule has 7 nitrogen and oxygen atoms in total. The highest BCUT2D eigenvalue weighted by Crippen LogP contribution is 2.27. The van der Waals surface area contributed by atoms with Crippen LogP contribution in [0.1, 0.15) is 6.92 Å². The number of fused-ring (bicyclic) bond motifs is 1. The van der Waals surface area contributed by atoms with Crippen molar-refractivity contribution in [3.63, 3.8) is 0 Å². The van der Waals surface area contributed by atoms with E-state index in [2.05, 4.69) is 25.9 Å². The molecule has 1 aromatic carbocycles. The molecule has 29 heavy (non-hydrogen) atoms. The molecule has 4 rings (SSSR count). The molecule has 0 saturated heterocycles. The zero-order valence-corrected chi connectivity index (χ0v) is 16.3. The summed E-state index contributed by atoms with van der Waals surface area (Å²) >= 11 is 0. The Morgan fingerprint density at radius 2 is 1.90 bits per heavy atom. The van der Waals surface area contributed by atoms with Crippen LogP contribution in [0, 0.1) is 0 Å². The minimum atomic E-state index is -0.217. The van der Waals surface area contributed by atoms with Gasteiger partial charge in [0, 0.05) is 42.8 Å². The summed E-state index contributed by atoms with van der Waals surface area (Å²) in [5, 5.41) is 8.59. The van der Waals surface area contributed by atoms with E-state index in [1.165, 1.54) is 0 Å². The van der Waals surface area contributed by atoms with Gasteiger partial charge in [0.05, 0.1) is 11.9 Å². The van der Waals surface area contributed by atoms with Gasteiger partial charge in [-0.1, -0.05) is 12.1 Å². The number of urea groups is 1. The van der Waals surface area contributed by atoms with Gasteiger partial charge in [-0.05, 0) is 48.9 Å². The van der Waals surface area contributed by atoms with Gasteiger partial charge < -0.3 is 16.0 Å². The summed E-state index contributed by atoms with van der Waals surface area (Å²) in [7, 11) is 1.85. The Morgan fingerprint density at radius 3 is 2.66 bits per heavy atom. The van der Waals surface area contributed by atoms with Crippen molar-refractivity contribution >= 4 is 23.2 Å². The molecule has 4 aromatic rings. The average molecular weight is 386 g/mol. The van der Waals surface area contributed by atoms with E-state index in [1.54, 1.807) is 0 Å². The zero-order valence-electron chi connectivity index (χ0n) is 16.3. The third-order valence-electron chi connectivity index (χ3n) is 4.62. The van der Waals surface area contributed by atoms with Crippen LogP contribution in [-0.2, 0) is 0 Å². The van der Waals surface area contributed by atoms with Crippen LogP contribution in [0.3, 0.4) is 0 Å². The number of pyridine rings is 2. The van der Waals surface area contributed by atoms with Crippen LogP contribution in [0.5, 0.6) is 0 Å². The number of hydrogen-bond donors (Lipinski definition) is 3. The maximum atomic E-state index is 11.8. The average Bonchev–Trinajstić information content (AvgIpc) is 3.17. The van der Waals surface area contributed by atoms with E-state index in [4.69, 9.17) is 0 Å². The number of aromatic nitrogens is 3. The smallest absolute Gasteiger partial charge is 0.319 e. The van der Waals surface area contributed by atoms with Crippen molar-refractivity contribution < 1.29 is 4.79 Å². The lowest BCUT2D eigenvalue weighted by Gasteiger charge is -2.09. The van der Waals surface area contributed by atoms with Crippen molar-refractivity contribution in [2.24, 2.45) is 0 Å². The SMILES string of the molecule is CCNC(=O)Nc1cccc(-c2cnc3cc(-c4ccc(NC)nc4)ccn23)c1. The minimum Gasteiger partial charge on any atom is -0.373 e. The summed E-state index contributed by atoms with van der Waals surface area (Å²) in [4.78, 5) is 20.7. The van der Waals surface area contributed by atoms with Gasteiger partial charge in [-0.3, -0.25) is 4.40 Å². The fourth-order valence-corrected chi connectivity index (χ4v) is 3.18. The van der Waals surface area contributed by atoms with Gasteiger partial charge in [0.25, 0.3) is 0 Å². The van der Waals surface area contributed by atoms with Gasteiger partial charge in [0.1, 0.15) is 11.5 Å². The summed E-state index contributed by atoms with van der Waals surface area (Å²) < 4.78 is 2.03. The van der Waals surface area contributed by atoms with Gasteiger partial charge in [0.2, 0.25) is 0 Å². The number of carbonyl (C=O) groups excluding carboxylic acids is 1. The first-order valence-electron chi connectivity index (χ1n) is 9.44. The number of carbonyl (C=O) groups is 1. The van der Waals surface area contributed by atoms with Gasteiger partial charge >= 0.3 is 6.03 Å². The van der Waals surface area contributed by atoms with E-state index in [-0.39, 0.29) is 6.03 Å². The third-order valence-corrected chi connectivity index (χ3v) is 4.62. The molecule has 0 aliphatic rings. The second-order valence-corrected chi connectivity index (χ2v) is 6.53. The van der Waals surface area contributed by atoms with Crippen molar-refractivity contribution in [3.8, 4) is 22.4 Å². The quantitative estimate of drug-likeness (QED) is 0.479. The van der Waals surface area contributed by atoms with Crippen LogP contribution >= 0.6 is 0 Å². The predicted molar refractivity (Wildman–Crippen MR) is 116 cm³/mol. The van der Waals surface area contributed by atoms with E-state index in [0.717, 1.165) is 39.5 Å². The van der Waals surface area contributed by atoms with Crippen LogP contribution < -0.4 is 16.0 Å². The van der Waals surface area contributed by atoms with Crippen molar-refractivity contribution in [1.29, 1.82) is 0 Å². The van der Waals surface area contributed by atoms with Crippen LogP contribution in [0.2, 0.25) is 0 Å². The first kappa shape index (κ1) is 18.5. The normalized spacial score (nSPS) is 10.7. The molecule has 7 heteroatoms. The Hall–Kier alpha value is -3.87. The van der Waals surface area contributed by atoms with Crippen LogP contribution in [0.15, 0.2) is 67.1 Å². The highest BCUT2D eigenvalue weighted by Gasteiger charge is 2.09. The van der Waals surface area contributed by atoms with Crippen molar-refractivity contribution in [2.75, 3.05) is 24.2 Å². The Balaban J connectivity index is 1.65. The molecule has 3 N–H and O–H groups in total. The number of rotatable bonds is 5. The van der Waals surface area contributed by atoms with Crippen molar-refractivity contribution in [3.05, 3.63) is 67.1 Å². The molecule has 3 aromatic heterocycles. The van der Waals surface area contributed by atoms with Crippen molar-refractivity contribution in [2.45, 2.75) is 6.92 Å². The molecule has 0 unspecified atom stereocenters. The highest BCUT2D eigenvalue weighted by molar-refractivity contribution is 5.90. The summed E-state index contributed by atoms with van der Waals surface area (Å²) in [6, 6.07) is 15.6. The second-order valence-electron chi connectivity index (χ2n) is 6.53.